The number of halogens is 1. The van der Waals surface area contributed by atoms with Crippen molar-refractivity contribution in [3.63, 3.8) is 0 Å². The monoisotopic (exact) mass is 267 g/mol. The highest BCUT2D eigenvalue weighted by Gasteiger charge is 2.15. The summed E-state index contributed by atoms with van der Waals surface area (Å²) in [6.07, 6.45) is 5.30. The SMILES string of the molecule is CC(NCCOC1CCCC1)c1ccc(O)cc1F. The largest absolute Gasteiger partial charge is 0.508 e. The molecule has 106 valence electrons. The van der Waals surface area contributed by atoms with Crippen molar-refractivity contribution in [2.24, 2.45) is 0 Å². The maximum Gasteiger partial charge on any atom is 0.131 e. The van der Waals surface area contributed by atoms with Gasteiger partial charge < -0.3 is 15.2 Å². The second-order valence-electron chi connectivity index (χ2n) is 5.16. The zero-order valence-electron chi connectivity index (χ0n) is 11.4. The third-order valence-corrected chi connectivity index (χ3v) is 3.66. The molecule has 1 saturated carbocycles. The second kappa shape index (κ2) is 6.87. The molecule has 2 rings (SSSR count). The number of hydrogen-bond acceptors (Lipinski definition) is 3. The first kappa shape index (κ1) is 14.3. The predicted octanol–water partition coefficient (Wildman–Crippen LogP) is 3.14. The van der Waals surface area contributed by atoms with Gasteiger partial charge in [-0.3, -0.25) is 0 Å². The summed E-state index contributed by atoms with van der Waals surface area (Å²) < 4.78 is 19.4. The zero-order valence-corrected chi connectivity index (χ0v) is 11.4. The van der Waals surface area contributed by atoms with Gasteiger partial charge in [-0.1, -0.05) is 18.9 Å². The molecule has 1 atom stereocenters. The number of phenols is 1. The summed E-state index contributed by atoms with van der Waals surface area (Å²) in [6, 6.07) is 4.17. The van der Waals surface area contributed by atoms with Crippen LogP contribution in [0.5, 0.6) is 5.75 Å². The molecule has 2 N–H and O–H groups in total. The first-order chi connectivity index (χ1) is 9.16. The fourth-order valence-corrected chi connectivity index (χ4v) is 2.53. The van der Waals surface area contributed by atoms with Crippen LogP contribution in [0.15, 0.2) is 18.2 Å². The van der Waals surface area contributed by atoms with Crippen molar-refractivity contribution >= 4 is 0 Å². The molecule has 3 nitrogen and oxygen atoms in total. The van der Waals surface area contributed by atoms with Crippen LogP contribution in [0.4, 0.5) is 4.39 Å². The minimum absolute atomic E-state index is 0.0435. The highest BCUT2D eigenvalue weighted by molar-refractivity contribution is 5.29. The van der Waals surface area contributed by atoms with Crippen molar-refractivity contribution in [3.05, 3.63) is 29.6 Å². The molecule has 1 aromatic carbocycles. The Labute approximate surface area is 113 Å². The second-order valence-corrected chi connectivity index (χ2v) is 5.16. The fourth-order valence-electron chi connectivity index (χ4n) is 2.53. The number of ether oxygens (including phenoxy) is 1. The Kier molecular flexibility index (Phi) is 5.16. The van der Waals surface area contributed by atoms with E-state index in [2.05, 4.69) is 5.32 Å². The number of phenolic OH excluding ortho intramolecular Hbond substituents is 1. The maximum absolute atomic E-state index is 13.6. The van der Waals surface area contributed by atoms with E-state index < -0.39 is 0 Å². The number of benzene rings is 1. The van der Waals surface area contributed by atoms with Gasteiger partial charge in [0.1, 0.15) is 11.6 Å². The molecule has 0 aliphatic heterocycles. The molecule has 0 amide bonds. The number of aromatic hydroxyl groups is 1. The lowest BCUT2D eigenvalue weighted by molar-refractivity contribution is 0.0593. The van der Waals surface area contributed by atoms with Crippen LogP contribution in [-0.4, -0.2) is 24.4 Å². The van der Waals surface area contributed by atoms with Gasteiger partial charge in [-0.2, -0.15) is 0 Å². The number of rotatable bonds is 6. The van der Waals surface area contributed by atoms with Gasteiger partial charge in [-0.15, -0.1) is 0 Å². The summed E-state index contributed by atoms with van der Waals surface area (Å²) in [5.74, 6) is -0.422. The lowest BCUT2D eigenvalue weighted by Crippen LogP contribution is -2.25. The molecule has 1 fully saturated rings. The van der Waals surface area contributed by atoms with Crippen molar-refractivity contribution in [2.75, 3.05) is 13.2 Å². The molecule has 0 spiro atoms. The molecule has 1 unspecified atom stereocenters. The van der Waals surface area contributed by atoms with Crippen LogP contribution in [-0.2, 0) is 4.74 Å². The van der Waals surface area contributed by atoms with Crippen LogP contribution in [0.1, 0.15) is 44.2 Å². The average molecular weight is 267 g/mol. The summed E-state index contributed by atoms with van der Waals surface area (Å²) in [7, 11) is 0. The fraction of sp³-hybridized carbons (Fsp3) is 0.600. The van der Waals surface area contributed by atoms with E-state index in [0.717, 1.165) is 6.07 Å². The molecule has 1 aromatic rings. The van der Waals surface area contributed by atoms with Gasteiger partial charge in [-0.05, 0) is 25.8 Å². The normalized spacial score (nSPS) is 17.8. The smallest absolute Gasteiger partial charge is 0.131 e. The van der Waals surface area contributed by atoms with Gasteiger partial charge in [0, 0.05) is 24.2 Å². The van der Waals surface area contributed by atoms with E-state index in [0.29, 0.717) is 24.8 Å². The molecule has 19 heavy (non-hydrogen) atoms. The molecular weight excluding hydrogens is 245 g/mol. The van der Waals surface area contributed by atoms with E-state index >= 15 is 0 Å². The van der Waals surface area contributed by atoms with E-state index in [1.807, 2.05) is 6.92 Å². The third kappa shape index (κ3) is 4.18. The van der Waals surface area contributed by atoms with Gasteiger partial charge in [0.25, 0.3) is 0 Å². The predicted molar refractivity (Wildman–Crippen MR) is 72.7 cm³/mol. The molecule has 0 aromatic heterocycles. The van der Waals surface area contributed by atoms with Crippen LogP contribution in [0.2, 0.25) is 0 Å². The average Bonchev–Trinajstić information content (AvgIpc) is 2.87. The number of hydrogen-bond donors (Lipinski definition) is 2. The Balaban J connectivity index is 1.72. The first-order valence-corrected chi connectivity index (χ1v) is 7.00. The Morgan fingerprint density at radius 1 is 1.42 bits per heavy atom. The standard InChI is InChI=1S/C15H22FNO2/c1-11(14-7-6-12(18)10-15(14)16)17-8-9-19-13-4-2-3-5-13/h6-7,10-11,13,17-18H,2-5,8-9H2,1H3. The summed E-state index contributed by atoms with van der Waals surface area (Å²) in [5, 5.41) is 12.4. The van der Waals surface area contributed by atoms with Gasteiger partial charge in [-0.25, -0.2) is 4.39 Å². The van der Waals surface area contributed by atoms with Crippen LogP contribution in [0.3, 0.4) is 0 Å². The topological polar surface area (TPSA) is 41.5 Å². The Hall–Kier alpha value is -1.13. The van der Waals surface area contributed by atoms with Crippen molar-refractivity contribution < 1.29 is 14.2 Å². The first-order valence-electron chi connectivity index (χ1n) is 7.00. The Morgan fingerprint density at radius 3 is 2.84 bits per heavy atom. The molecule has 1 aliphatic carbocycles. The lowest BCUT2D eigenvalue weighted by Gasteiger charge is -2.16. The highest BCUT2D eigenvalue weighted by atomic mass is 19.1. The van der Waals surface area contributed by atoms with Crippen molar-refractivity contribution in [1.82, 2.24) is 5.32 Å². The van der Waals surface area contributed by atoms with E-state index in [1.165, 1.54) is 31.7 Å². The van der Waals surface area contributed by atoms with Crippen molar-refractivity contribution in [3.8, 4) is 5.75 Å². The summed E-state index contributed by atoms with van der Waals surface area (Å²) in [6.45, 7) is 3.28. The molecule has 0 radical (unpaired) electrons. The van der Waals surface area contributed by atoms with Gasteiger partial charge in [0.05, 0.1) is 12.7 Å². The quantitative estimate of drug-likeness (QED) is 0.778. The molecule has 0 heterocycles. The zero-order chi connectivity index (χ0) is 13.7. The van der Waals surface area contributed by atoms with Gasteiger partial charge in [0.2, 0.25) is 0 Å². The van der Waals surface area contributed by atoms with Gasteiger partial charge >= 0.3 is 0 Å². The van der Waals surface area contributed by atoms with Crippen molar-refractivity contribution in [2.45, 2.75) is 44.8 Å². The van der Waals surface area contributed by atoms with Crippen LogP contribution < -0.4 is 5.32 Å². The molecule has 0 bridgehead atoms. The minimum Gasteiger partial charge on any atom is -0.508 e. The highest BCUT2D eigenvalue weighted by Crippen LogP contribution is 2.22. The van der Waals surface area contributed by atoms with Crippen LogP contribution in [0.25, 0.3) is 0 Å². The van der Waals surface area contributed by atoms with Crippen molar-refractivity contribution in [1.29, 1.82) is 0 Å². The van der Waals surface area contributed by atoms with Gasteiger partial charge in [0.15, 0.2) is 0 Å². The molecule has 4 heteroatoms. The Morgan fingerprint density at radius 2 is 2.16 bits per heavy atom. The van der Waals surface area contributed by atoms with Crippen LogP contribution in [0, 0.1) is 5.82 Å². The number of nitrogens with one attached hydrogen (secondary N) is 1. The maximum atomic E-state index is 13.6. The van der Waals surface area contributed by atoms with E-state index in [4.69, 9.17) is 4.74 Å². The summed E-state index contributed by atoms with van der Waals surface area (Å²) in [5.41, 5.74) is 0.568. The van der Waals surface area contributed by atoms with E-state index in [1.54, 1.807) is 6.07 Å². The molecular formula is C15H22FNO2. The summed E-state index contributed by atoms with van der Waals surface area (Å²) >= 11 is 0. The van der Waals surface area contributed by atoms with E-state index in [9.17, 15) is 9.50 Å². The van der Waals surface area contributed by atoms with E-state index in [-0.39, 0.29) is 17.6 Å². The summed E-state index contributed by atoms with van der Waals surface area (Å²) in [4.78, 5) is 0. The molecule has 0 saturated heterocycles. The van der Waals surface area contributed by atoms with Crippen LogP contribution >= 0.6 is 0 Å². The minimum atomic E-state index is -0.378. The lowest BCUT2D eigenvalue weighted by atomic mass is 10.1. The Bertz CT molecular complexity index is 405. The third-order valence-electron chi connectivity index (χ3n) is 3.66. The molecule has 1 aliphatic rings.